The molecule has 1 saturated heterocycles. The zero-order chi connectivity index (χ0) is 19.5. The Morgan fingerprint density at radius 3 is 2.25 bits per heavy atom. The molecule has 2 amide bonds. The van der Waals surface area contributed by atoms with Crippen molar-refractivity contribution in [2.45, 2.75) is 31.6 Å². The van der Waals surface area contributed by atoms with E-state index in [0.717, 1.165) is 63.4 Å². The number of piperazine rings is 1. The Morgan fingerprint density at radius 1 is 1.00 bits per heavy atom. The number of hydrogen-bond donors (Lipinski definition) is 2. The Labute approximate surface area is 163 Å². The largest absolute Gasteiger partial charge is 0.368 e. The van der Waals surface area contributed by atoms with Gasteiger partial charge in [-0.15, -0.1) is 5.10 Å². The summed E-state index contributed by atoms with van der Waals surface area (Å²) < 4.78 is 0. The van der Waals surface area contributed by atoms with Gasteiger partial charge in [-0.05, 0) is 60.4 Å². The summed E-state index contributed by atoms with van der Waals surface area (Å²) in [5, 5.41) is 14.1. The first-order chi connectivity index (χ1) is 13.6. The Balaban J connectivity index is 1.28. The van der Waals surface area contributed by atoms with E-state index < -0.39 is 5.91 Å². The van der Waals surface area contributed by atoms with Crippen molar-refractivity contribution in [3.8, 4) is 0 Å². The topological polar surface area (TPSA) is 121 Å². The number of carbonyl (C=O) groups is 2. The summed E-state index contributed by atoms with van der Waals surface area (Å²) in [5.74, 6) is 1.13. The molecule has 0 bridgehead atoms. The Hall–Kier alpha value is -2.97. The van der Waals surface area contributed by atoms with Crippen LogP contribution in [0.3, 0.4) is 0 Å². The highest BCUT2D eigenvalue weighted by molar-refractivity contribution is 5.93. The minimum atomic E-state index is -0.420. The number of nitrogens with one attached hydrogen (secondary N) is 1. The molecule has 1 aliphatic carbocycles. The molecule has 0 unspecified atom stereocenters. The van der Waals surface area contributed by atoms with Crippen LogP contribution < -0.4 is 10.6 Å². The lowest BCUT2D eigenvalue weighted by atomic mass is 9.81. The Morgan fingerprint density at radius 2 is 1.68 bits per heavy atom. The molecule has 3 N–H and O–H groups in total. The summed E-state index contributed by atoms with van der Waals surface area (Å²) in [6.07, 6.45) is 3.66. The zero-order valence-electron chi connectivity index (χ0n) is 15.8. The lowest BCUT2D eigenvalue weighted by Crippen LogP contribution is -2.50. The van der Waals surface area contributed by atoms with Crippen LogP contribution in [0.4, 0.5) is 5.69 Å². The van der Waals surface area contributed by atoms with Crippen molar-refractivity contribution in [3.63, 3.8) is 0 Å². The van der Waals surface area contributed by atoms with Crippen LogP contribution in [0.2, 0.25) is 0 Å². The van der Waals surface area contributed by atoms with E-state index in [0.29, 0.717) is 11.5 Å². The van der Waals surface area contributed by atoms with E-state index >= 15 is 0 Å². The Kier molecular flexibility index (Phi) is 5.23. The number of benzene rings is 1. The summed E-state index contributed by atoms with van der Waals surface area (Å²) >= 11 is 0. The van der Waals surface area contributed by atoms with E-state index in [4.69, 9.17) is 5.73 Å². The number of carbonyl (C=O) groups excluding carboxylic acids is 2. The summed E-state index contributed by atoms with van der Waals surface area (Å²) in [5.41, 5.74) is 6.86. The maximum Gasteiger partial charge on any atom is 0.248 e. The van der Waals surface area contributed by atoms with Crippen molar-refractivity contribution < 1.29 is 9.59 Å². The number of amides is 2. The molecule has 1 saturated carbocycles. The van der Waals surface area contributed by atoms with Gasteiger partial charge in [0, 0.05) is 49.3 Å². The molecule has 28 heavy (non-hydrogen) atoms. The van der Waals surface area contributed by atoms with E-state index in [1.54, 1.807) is 12.1 Å². The minimum absolute atomic E-state index is 0.105. The third-order valence-electron chi connectivity index (χ3n) is 5.93. The second-order valence-corrected chi connectivity index (χ2v) is 7.56. The lowest BCUT2D eigenvalue weighted by Gasteiger charge is -2.38. The molecule has 9 nitrogen and oxygen atoms in total. The number of primary amides is 1. The van der Waals surface area contributed by atoms with E-state index in [-0.39, 0.29) is 11.8 Å². The fourth-order valence-corrected chi connectivity index (χ4v) is 4.23. The second-order valence-electron chi connectivity index (χ2n) is 7.56. The predicted molar refractivity (Wildman–Crippen MR) is 103 cm³/mol. The molecule has 2 aliphatic rings. The van der Waals surface area contributed by atoms with Gasteiger partial charge in [0.2, 0.25) is 11.8 Å². The highest BCUT2D eigenvalue weighted by Gasteiger charge is 2.32. The predicted octanol–water partition coefficient (Wildman–Crippen LogP) is 0.921. The van der Waals surface area contributed by atoms with Crippen LogP contribution in [0.5, 0.6) is 0 Å². The number of nitrogens with two attached hydrogens (primary N) is 1. The number of hydrogen-bond acceptors (Lipinski definition) is 6. The molecule has 2 heterocycles. The molecule has 2 fully saturated rings. The van der Waals surface area contributed by atoms with Gasteiger partial charge in [0.15, 0.2) is 5.82 Å². The number of rotatable bonds is 4. The maximum absolute atomic E-state index is 12.9. The zero-order valence-corrected chi connectivity index (χ0v) is 15.8. The molecule has 0 spiro atoms. The van der Waals surface area contributed by atoms with Crippen molar-refractivity contribution in [1.29, 1.82) is 0 Å². The van der Waals surface area contributed by atoms with Crippen molar-refractivity contribution in [2.24, 2.45) is 11.7 Å². The van der Waals surface area contributed by atoms with Gasteiger partial charge in [0.1, 0.15) is 0 Å². The van der Waals surface area contributed by atoms with Gasteiger partial charge in [-0.3, -0.25) is 9.59 Å². The number of aromatic nitrogens is 4. The van der Waals surface area contributed by atoms with Crippen LogP contribution in [0.25, 0.3) is 0 Å². The second kappa shape index (κ2) is 7.95. The number of aromatic amines is 1. The van der Waals surface area contributed by atoms with Crippen LogP contribution in [0.1, 0.15) is 47.8 Å². The lowest BCUT2D eigenvalue weighted by molar-refractivity contribution is -0.137. The van der Waals surface area contributed by atoms with Crippen molar-refractivity contribution in [2.75, 3.05) is 31.1 Å². The molecule has 9 heteroatoms. The fraction of sp³-hybridized carbons (Fsp3) is 0.526. The standard InChI is InChI=1S/C19H25N7O2/c20-17(27)13-5-7-16(8-6-13)25-9-11-26(12-10-25)19(28)15-3-1-14(2-4-15)18-21-23-24-22-18/h5-8,14-15H,1-4,9-12H2,(H2,20,27)(H,21,22,23,24). The Bertz CT molecular complexity index is 805. The maximum atomic E-state index is 12.9. The van der Waals surface area contributed by atoms with Gasteiger partial charge >= 0.3 is 0 Å². The molecule has 0 radical (unpaired) electrons. The summed E-state index contributed by atoms with van der Waals surface area (Å²) in [6.45, 7) is 3.03. The number of H-pyrrole nitrogens is 1. The van der Waals surface area contributed by atoms with Crippen molar-refractivity contribution in [3.05, 3.63) is 35.7 Å². The van der Waals surface area contributed by atoms with E-state index in [1.807, 2.05) is 17.0 Å². The van der Waals surface area contributed by atoms with Gasteiger partial charge in [-0.2, -0.15) is 0 Å². The average molecular weight is 383 g/mol. The first kappa shape index (κ1) is 18.4. The third-order valence-corrected chi connectivity index (χ3v) is 5.93. The smallest absolute Gasteiger partial charge is 0.248 e. The van der Waals surface area contributed by atoms with Crippen LogP contribution in [-0.2, 0) is 4.79 Å². The highest BCUT2D eigenvalue weighted by Crippen LogP contribution is 2.35. The molecule has 1 aromatic carbocycles. The van der Waals surface area contributed by atoms with Crippen molar-refractivity contribution >= 4 is 17.5 Å². The third kappa shape index (κ3) is 3.83. The molecule has 0 atom stereocenters. The molecular formula is C19H25N7O2. The monoisotopic (exact) mass is 383 g/mol. The normalized spacial score (nSPS) is 22.9. The number of tetrazole rings is 1. The number of anilines is 1. The molecule has 1 aromatic heterocycles. The highest BCUT2D eigenvalue weighted by atomic mass is 16.2. The molecular weight excluding hydrogens is 358 g/mol. The summed E-state index contributed by atoms with van der Waals surface area (Å²) in [6, 6.07) is 7.32. The van der Waals surface area contributed by atoms with E-state index in [9.17, 15) is 9.59 Å². The van der Waals surface area contributed by atoms with Gasteiger partial charge in [-0.1, -0.05) is 0 Å². The minimum Gasteiger partial charge on any atom is -0.368 e. The van der Waals surface area contributed by atoms with Gasteiger partial charge in [0.25, 0.3) is 0 Å². The molecule has 1 aliphatic heterocycles. The SMILES string of the molecule is NC(=O)c1ccc(N2CCN(C(=O)C3CCC(c4nnn[nH]4)CC3)CC2)cc1. The van der Waals surface area contributed by atoms with Gasteiger partial charge in [-0.25, -0.2) is 5.10 Å². The van der Waals surface area contributed by atoms with Crippen LogP contribution in [-0.4, -0.2) is 63.5 Å². The molecule has 4 rings (SSSR count). The van der Waals surface area contributed by atoms with E-state index in [1.165, 1.54) is 0 Å². The summed E-state index contributed by atoms with van der Waals surface area (Å²) in [4.78, 5) is 28.3. The van der Waals surface area contributed by atoms with Crippen LogP contribution in [0.15, 0.2) is 24.3 Å². The molecule has 148 valence electrons. The molecule has 2 aromatic rings. The fourth-order valence-electron chi connectivity index (χ4n) is 4.23. The average Bonchev–Trinajstić information content (AvgIpc) is 3.28. The van der Waals surface area contributed by atoms with Crippen LogP contribution in [0, 0.1) is 5.92 Å². The van der Waals surface area contributed by atoms with Gasteiger partial charge < -0.3 is 15.5 Å². The van der Waals surface area contributed by atoms with Crippen molar-refractivity contribution in [1.82, 2.24) is 25.5 Å². The summed E-state index contributed by atoms with van der Waals surface area (Å²) in [7, 11) is 0. The van der Waals surface area contributed by atoms with E-state index in [2.05, 4.69) is 25.5 Å². The quantitative estimate of drug-likeness (QED) is 0.810. The van der Waals surface area contributed by atoms with Gasteiger partial charge in [0.05, 0.1) is 0 Å². The first-order valence-corrected chi connectivity index (χ1v) is 9.79. The first-order valence-electron chi connectivity index (χ1n) is 9.79. The number of nitrogens with zero attached hydrogens (tertiary/aromatic N) is 5. The van der Waals surface area contributed by atoms with Crippen LogP contribution >= 0.6 is 0 Å².